The van der Waals surface area contributed by atoms with Gasteiger partial charge in [0, 0.05) is 16.8 Å². The van der Waals surface area contributed by atoms with Gasteiger partial charge in [0.05, 0.1) is 10.6 Å². The summed E-state index contributed by atoms with van der Waals surface area (Å²) in [6.07, 6.45) is 1.59. The van der Waals surface area contributed by atoms with Crippen LogP contribution >= 0.6 is 22.9 Å². The number of benzene rings is 1. The molecule has 6 heteroatoms. The first-order valence-corrected chi connectivity index (χ1v) is 7.42. The molecule has 1 amide bonds. The first-order chi connectivity index (χ1) is 10.2. The van der Waals surface area contributed by atoms with Gasteiger partial charge in [-0.25, -0.2) is 9.97 Å². The second kappa shape index (κ2) is 6.03. The van der Waals surface area contributed by atoms with E-state index in [2.05, 4.69) is 15.3 Å². The predicted molar refractivity (Wildman–Crippen MR) is 84.8 cm³/mol. The van der Waals surface area contributed by atoms with Crippen molar-refractivity contribution in [1.29, 1.82) is 0 Å². The lowest BCUT2D eigenvalue weighted by Gasteiger charge is -2.06. The Balaban J connectivity index is 1.87. The van der Waals surface area contributed by atoms with Crippen LogP contribution < -0.4 is 5.32 Å². The van der Waals surface area contributed by atoms with Crippen molar-refractivity contribution in [2.45, 2.75) is 0 Å². The fraction of sp³-hybridized carbons (Fsp3) is 0. The van der Waals surface area contributed by atoms with Crippen molar-refractivity contribution in [3.63, 3.8) is 0 Å². The van der Waals surface area contributed by atoms with Crippen molar-refractivity contribution in [2.75, 3.05) is 5.32 Å². The number of carbonyl (C=O) groups excluding carboxylic acids is 1. The van der Waals surface area contributed by atoms with Crippen molar-refractivity contribution >= 4 is 34.8 Å². The molecule has 21 heavy (non-hydrogen) atoms. The van der Waals surface area contributed by atoms with Crippen molar-refractivity contribution in [2.24, 2.45) is 0 Å². The van der Waals surface area contributed by atoms with E-state index in [9.17, 15) is 4.79 Å². The molecule has 0 saturated heterocycles. The summed E-state index contributed by atoms with van der Waals surface area (Å²) in [4.78, 5) is 21.0. The maximum atomic E-state index is 12.0. The van der Waals surface area contributed by atoms with Crippen molar-refractivity contribution in [1.82, 2.24) is 9.97 Å². The summed E-state index contributed by atoms with van der Waals surface area (Å²) < 4.78 is 0. The molecule has 0 spiro atoms. The van der Waals surface area contributed by atoms with Crippen LogP contribution in [0.3, 0.4) is 0 Å². The molecule has 0 aliphatic heterocycles. The molecule has 1 N–H and O–H groups in total. The number of halogens is 1. The van der Waals surface area contributed by atoms with E-state index in [1.807, 2.05) is 29.6 Å². The average molecular weight is 316 g/mol. The molecule has 2 aromatic heterocycles. The van der Waals surface area contributed by atoms with Gasteiger partial charge in [0.2, 0.25) is 5.95 Å². The van der Waals surface area contributed by atoms with Gasteiger partial charge in [0.25, 0.3) is 5.91 Å². The van der Waals surface area contributed by atoms with E-state index in [-0.39, 0.29) is 11.9 Å². The number of hydrogen-bond acceptors (Lipinski definition) is 4. The molecule has 2 heterocycles. The maximum absolute atomic E-state index is 12.0. The molecule has 0 aliphatic rings. The third-order valence-electron chi connectivity index (χ3n) is 2.78. The monoisotopic (exact) mass is 315 g/mol. The first kappa shape index (κ1) is 13.7. The van der Waals surface area contributed by atoms with Gasteiger partial charge in [-0.1, -0.05) is 35.9 Å². The highest BCUT2D eigenvalue weighted by molar-refractivity contribution is 7.12. The van der Waals surface area contributed by atoms with E-state index in [1.54, 1.807) is 24.4 Å². The van der Waals surface area contributed by atoms with Gasteiger partial charge in [0.1, 0.15) is 0 Å². The number of rotatable bonds is 3. The van der Waals surface area contributed by atoms with Gasteiger partial charge in [-0.15, -0.1) is 11.3 Å². The van der Waals surface area contributed by atoms with Gasteiger partial charge >= 0.3 is 0 Å². The lowest BCUT2D eigenvalue weighted by Crippen LogP contribution is -2.12. The van der Waals surface area contributed by atoms with Gasteiger partial charge in [-0.3, -0.25) is 10.1 Å². The minimum Gasteiger partial charge on any atom is -0.290 e. The average Bonchev–Trinajstić information content (AvgIpc) is 3.02. The number of hydrogen-bond donors (Lipinski definition) is 1. The molecule has 3 rings (SSSR count). The van der Waals surface area contributed by atoms with Crippen LogP contribution in [0.2, 0.25) is 5.02 Å². The van der Waals surface area contributed by atoms with E-state index < -0.39 is 0 Å². The minimum absolute atomic E-state index is 0.221. The molecule has 4 nitrogen and oxygen atoms in total. The van der Waals surface area contributed by atoms with Gasteiger partial charge < -0.3 is 0 Å². The standard InChI is InChI=1S/C15H10ClN3OS/c16-11-5-2-1-4-10(11)12-7-8-17-15(18-12)19-14(20)13-6-3-9-21-13/h1-9H,(H,17,18,19,20). The third-order valence-corrected chi connectivity index (χ3v) is 3.97. The highest BCUT2D eigenvalue weighted by Crippen LogP contribution is 2.26. The SMILES string of the molecule is O=C(Nc1nccc(-c2ccccc2Cl)n1)c1cccs1. The smallest absolute Gasteiger partial charge is 0.268 e. The molecule has 0 saturated carbocycles. The molecular weight excluding hydrogens is 306 g/mol. The number of aromatic nitrogens is 2. The summed E-state index contributed by atoms with van der Waals surface area (Å²) in [5.41, 5.74) is 1.46. The van der Waals surface area contributed by atoms with E-state index in [1.165, 1.54) is 11.3 Å². The Kier molecular flexibility index (Phi) is 3.94. The summed E-state index contributed by atoms with van der Waals surface area (Å²) in [7, 11) is 0. The van der Waals surface area contributed by atoms with Crippen LogP contribution in [0.25, 0.3) is 11.3 Å². The Bertz CT molecular complexity index is 774. The first-order valence-electron chi connectivity index (χ1n) is 6.17. The fourth-order valence-electron chi connectivity index (χ4n) is 1.81. The number of nitrogens with one attached hydrogen (secondary N) is 1. The van der Waals surface area contributed by atoms with Crippen LogP contribution in [-0.2, 0) is 0 Å². The summed E-state index contributed by atoms with van der Waals surface area (Å²) in [5, 5.41) is 5.13. The minimum atomic E-state index is -0.221. The largest absolute Gasteiger partial charge is 0.290 e. The van der Waals surface area contributed by atoms with Gasteiger partial charge in [-0.2, -0.15) is 0 Å². The Morgan fingerprint density at radius 3 is 2.76 bits per heavy atom. The summed E-state index contributed by atoms with van der Waals surface area (Å²) >= 11 is 7.52. The van der Waals surface area contributed by atoms with Crippen LogP contribution in [-0.4, -0.2) is 15.9 Å². The maximum Gasteiger partial charge on any atom is 0.268 e. The van der Waals surface area contributed by atoms with Gasteiger partial charge in [-0.05, 0) is 23.6 Å². The molecule has 104 valence electrons. The van der Waals surface area contributed by atoms with Crippen molar-refractivity contribution in [3.8, 4) is 11.3 Å². The zero-order chi connectivity index (χ0) is 14.7. The third kappa shape index (κ3) is 3.09. The van der Waals surface area contributed by atoms with Crippen LogP contribution in [0.1, 0.15) is 9.67 Å². The zero-order valence-corrected chi connectivity index (χ0v) is 12.4. The normalized spacial score (nSPS) is 10.3. The highest BCUT2D eigenvalue weighted by atomic mass is 35.5. The molecular formula is C15H10ClN3OS. The molecule has 0 fully saturated rings. The van der Waals surface area contributed by atoms with E-state index in [0.717, 1.165) is 5.56 Å². The van der Waals surface area contributed by atoms with Crippen LogP contribution in [0.4, 0.5) is 5.95 Å². The number of nitrogens with zero attached hydrogens (tertiary/aromatic N) is 2. The highest BCUT2D eigenvalue weighted by Gasteiger charge is 2.10. The lowest BCUT2D eigenvalue weighted by atomic mass is 10.1. The van der Waals surface area contributed by atoms with Gasteiger partial charge in [0.15, 0.2) is 0 Å². The summed E-state index contributed by atoms with van der Waals surface area (Å²) in [5.74, 6) is 0.0344. The number of amides is 1. The number of carbonyl (C=O) groups is 1. The van der Waals surface area contributed by atoms with E-state index in [4.69, 9.17) is 11.6 Å². The van der Waals surface area contributed by atoms with Crippen molar-refractivity contribution in [3.05, 3.63) is 63.9 Å². The summed E-state index contributed by atoms with van der Waals surface area (Å²) in [6.45, 7) is 0. The topological polar surface area (TPSA) is 54.9 Å². The number of anilines is 1. The summed E-state index contributed by atoms with van der Waals surface area (Å²) in [6, 6.07) is 12.7. The van der Waals surface area contributed by atoms with E-state index >= 15 is 0 Å². The Labute approximate surface area is 130 Å². The lowest BCUT2D eigenvalue weighted by molar-refractivity contribution is 0.102. The Morgan fingerprint density at radius 1 is 1.14 bits per heavy atom. The second-order valence-corrected chi connectivity index (χ2v) is 5.53. The fourth-order valence-corrected chi connectivity index (χ4v) is 2.66. The Morgan fingerprint density at radius 2 is 2.00 bits per heavy atom. The molecule has 0 aliphatic carbocycles. The molecule has 0 radical (unpaired) electrons. The zero-order valence-electron chi connectivity index (χ0n) is 10.8. The predicted octanol–water partition coefficient (Wildman–Crippen LogP) is 4.11. The van der Waals surface area contributed by atoms with Crippen LogP contribution in [0.15, 0.2) is 54.0 Å². The van der Waals surface area contributed by atoms with Crippen LogP contribution in [0, 0.1) is 0 Å². The second-order valence-electron chi connectivity index (χ2n) is 4.18. The molecule has 1 aromatic carbocycles. The van der Waals surface area contributed by atoms with E-state index in [0.29, 0.717) is 15.6 Å². The Hall–Kier alpha value is -2.24. The number of thiophene rings is 1. The molecule has 0 bridgehead atoms. The van der Waals surface area contributed by atoms with Crippen molar-refractivity contribution < 1.29 is 4.79 Å². The quantitative estimate of drug-likeness (QED) is 0.791. The molecule has 0 unspecified atom stereocenters. The molecule has 3 aromatic rings. The van der Waals surface area contributed by atoms with Crippen LogP contribution in [0.5, 0.6) is 0 Å². The molecule has 0 atom stereocenters.